The van der Waals surface area contributed by atoms with Gasteiger partial charge >= 0.3 is 5.97 Å². The van der Waals surface area contributed by atoms with Crippen LogP contribution >= 0.6 is 0 Å². The quantitative estimate of drug-likeness (QED) is 0.326. The summed E-state index contributed by atoms with van der Waals surface area (Å²) in [5.41, 5.74) is 4.86. The fourth-order valence-corrected chi connectivity index (χ4v) is 4.77. The average Bonchev–Trinajstić information content (AvgIpc) is 2.85. The summed E-state index contributed by atoms with van der Waals surface area (Å²) < 4.78 is 29.4. The summed E-state index contributed by atoms with van der Waals surface area (Å²) in [4.78, 5) is 21.6. The van der Waals surface area contributed by atoms with Crippen LogP contribution in [0.3, 0.4) is 0 Å². The van der Waals surface area contributed by atoms with Crippen LogP contribution in [-0.4, -0.2) is 47.2 Å². The molecule has 2 aromatic carbocycles. The molecule has 0 unspecified atom stereocenters. The maximum absolute atomic E-state index is 11.7. The zero-order valence-corrected chi connectivity index (χ0v) is 20.9. The third-order valence-electron chi connectivity index (χ3n) is 6.11. The number of ether oxygens (including phenoxy) is 1. The molecule has 36 heavy (non-hydrogen) atoms. The SMILES string of the molecule is C=C[C@@H](CC(=O)O)c1ccc(OCc2cccc(CN3CCc4nc(S(C)(=O)=O)ncc4C3)c2)cc1. The molecule has 0 radical (unpaired) electrons. The molecule has 0 bridgehead atoms. The molecule has 8 nitrogen and oxygen atoms in total. The summed E-state index contributed by atoms with van der Waals surface area (Å²) in [6.45, 7) is 6.36. The number of aliphatic carboxylic acids is 1. The number of hydrogen-bond donors (Lipinski definition) is 1. The predicted octanol–water partition coefficient (Wildman–Crippen LogP) is 3.76. The van der Waals surface area contributed by atoms with E-state index in [2.05, 4.69) is 33.6 Å². The maximum atomic E-state index is 11.7. The van der Waals surface area contributed by atoms with Crippen LogP contribution in [0.5, 0.6) is 5.75 Å². The van der Waals surface area contributed by atoms with Crippen molar-refractivity contribution < 1.29 is 23.1 Å². The number of rotatable bonds is 10. The molecule has 4 rings (SSSR count). The Morgan fingerprint density at radius 3 is 2.67 bits per heavy atom. The normalized spacial score (nSPS) is 14.6. The first-order valence-electron chi connectivity index (χ1n) is 11.6. The van der Waals surface area contributed by atoms with Crippen molar-refractivity contribution in [2.24, 2.45) is 0 Å². The summed E-state index contributed by atoms with van der Waals surface area (Å²) in [5.74, 6) is -0.380. The van der Waals surface area contributed by atoms with Crippen molar-refractivity contribution in [2.75, 3.05) is 12.8 Å². The Kier molecular flexibility index (Phi) is 7.81. The summed E-state index contributed by atoms with van der Waals surface area (Å²) >= 11 is 0. The third-order valence-corrected chi connectivity index (χ3v) is 6.97. The van der Waals surface area contributed by atoms with Crippen molar-refractivity contribution in [2.45, 2.75) is 43.6 Å². The zero-order valence-electron chi connectivity index (χ0n) is 20.1. The second kappa shape index (κ2) is 11.0. The molecule has 1 aromatic heterocycles. The predicted molar refractivity (Wildman–Crippen MR) is 135 cm³/mol. The number of nitrogens with zero attached hydrogens (tertiary/aromatic N) is 3. The summed E-state index contributed by atoms with van der Waals surface area (Å²) in [7, 11) is -3.41. The molecule has 9 heteroatoms. The van der Waals surface area contributed by atoms with Gasteiger partial charge in [-0.25, -0.2) is 18.4 Å². The molecule has 0 saturated carbocycles. The zero-order chi connectivity index (χ0) is 25.7. The van der Waals surface area contributed by atoms with E-state index in [1.807, 2.05) is 36.4 Å². The lowest BCUT2D eigenvalue weighted by Crippen LogP contribution is -2.31. The first-order chi connectivity index (χ1) is 17.2. The van der Waals surface area contributed by atoms with Gasteiger partial charge in [0.2, 0.25) is 15.0 Å². The van der Waals surface area contributed by atoms with Crippen molar-refractivity contribution in [3.63, 3.8) is 0 Å². The van der Waals surface area contributed by atoms with E-state index in [9.17, 15) is 13.2 Å². The van der Waals surface area contributed by atoms with E-state index >= 15 is 0 Å². The van der Waals surface area contributed by atoms with Crippen LogP contribution in [0.4, 0.5) is 0 Å². The molecule has 1 aliphatic rings. The average molecular weight is 508 g/mol. The minimum atomic E-state index is -3.41. The summed E-state index contributed by atoms with van der Waals surface area (Å²) in [5, 5.41) is 8.93. The highest BCUT2D eigenvalue weighted by molar-refractivity contribution is 7.90. The van der Waals surface area contributed by atoms with Gasteiger partial charge in [0.25, 0.3) is 0 Å². The molecule has 0 spiro atoms. The van der Waals surface area contributed by atoms with Gasteiger partial charge in [0.15, 0.2) is 0 Å². The minimum absolute atomic E-state index is 0.00775. The Bertz CT molecular complexity index is 1360. The molecular formula is C27H29N3O5S. The van der Waals surface area contributed by atoms with E-state index in [4.69, 9.17) is 9.84 Å². The Morgan fingerprint density at radius 1 is 1.22 bits per heavy atom. The topological polar surface area (TPSA) is 110 Å². The molecule has 1 N–H and O–H groups in total. The number of allylic oxidation sites excluding steroid dienone is 1. The van der Waals surface area contributed by atoms with E-state index in [1.165, 1.54) is 0 Å². The first kappa shape index (κ1) is 25.5. The lowest BCUT2D eigenvalue weighted by atomic mass is 9.96. The van der Waals surface area contributed by atoms with Gasteiger partial charge in [-0.2, -0.15) is 0 Å². The molecule has 1 atom stereocenters. The van der Waals surface area contributed by atoms with E-state index in [1.54, 1.807) is 12.3 Å². The van der Waals surface area contributed by atoms with Crippen LogP contribution in [0.1, 0.15) is 40.3 Å². The Hall–Kier alpha value is -3.56. The molecule has 3 aromatic rings. The number of sulfone groups is 1. The van der Waals surface area contributed by atoms with Gasteiger partial charge in [-0.3, -0.25) is 9.69 Å². The van der Waals surface area contributed by atoms with Crippen LogP contribution < -0.4 is 4.74 Å². The summed E-state index contributed by atoms with van der Waals surface area (Å²) in [6, 6.07) is 15.7. The highest BCUT2D eigenvalue weighted by Gasteiger charge is 2.21. The van der Waals surface area contributed by atoms with Gasteiger partial charge in [0.05, 0.1) is 12.1 Å². The lowest BCUT2D eigenvalue weighted by Gasteiger charge is -2.28. The molecule has 0 saturated heterocycles. The number of carboxylic acid groups (broad SMARTS) is 1. The fraction of sp³-hybridized carbons (Fsp3) is 0.296. The van der Waals surface area contributed by atoms with Crippen molar-refractivity contribution in [3.8, 4) is 5.75 Å². The largest absolute Gasteiger partial charge is 0.489 e. The molecule has 1 aliphatic heterocycles. The highest BCUT2D eigenvalue weighted by atomic mass is 32.2. The Morgan fingerprint density at radius 2 is 1.97 bits per heavy atom. The monoisotopic (exact) mass is 507 g/mol. The number of benzene rings is 2. The van der Waals surface area contributed by atoms with Crippen LogP contribution in [0, 0.1) is 0 Å². The van der Waals surface area contributed by atoms with Crippen LogP contribution in [0.15, 0.2) is 72.5 Å². The van der Waals surface area contributed by atoms with Crippen molar-refractivity contribution >= 4 is 15.8 Å². The molecule has 0 aliphatic carbocycles. The molecule has 188 valence electrons. The second-order valence-electron chi connectivity index (χ2n) is 8.98. The van der Waals surface area contributed by atoms with Gasteiger partial charge in [0, 0.05) is 50.0 Å². The number of carbonyl (C=O) groups is 1. The van der Waals surface area contributed by atoms with Gasteiger partial charge in [-0.15, -0.1) is 6.58 Å². The van der Waals surface area contributed by atoms with E-state index < -0.39 is 15.8 Å². The third kappa shape index (κ3) is 6.56. The summed E-state index contributed by atoms with van der Waals surface area (Å²) in [6.07, 6.45) is 5.08. The van der Waals surface area contributed by atoms with Gasteiger partial charge in [0.1, 0.15) is 12.4 Å². The van der Waals surface area contributed by atoms with Gasteiger partial charge < -0.3 is 9.84 Å². The van der Waals surface area contributed by atoms with Crippen LogP contribution in [0.25, 0.3) is 0 Å². The van der Waals surface area contributed by atoms with E-state index in [0.717, 1.165) is 47.3 Å². The van der Waals surface area contributed by atoms with Crippen LogP contribution in [0.2, 0.25) is 0 Å². The maximum Gasteiger partial charge on any atom is 0.304 e. The first-order valence-corrected chi connectivity index (χ1v) is 13.5. The Labute approximate surface area is 211 Å². The second-order valence-corrected chi connectivity index (χ2v) is 10.9. The van der Waals surface area contributed by atoms with E-state index in [-0.39, 0.29) is 17.5 Å². The van der Waals surface area contributed by atoms with Crippen molar-refractivity contribution in [3.05, 3.63) is 95.3 Å². The minimum Gasteiger partial charge on any atom is -0.489 e. The van der Waals surface area contributed by atoms with E-state index in [0.29, 0.717) is 25.3 Å². The number of fused-ring (bicyclic) bond motifs is 1. The fourth-order valence-electron chi connectivity index (χ4n) is 4.25. The lowest BCUT2D eigenvalue weighted by molar-refractivity contribution is -0.137. The highest BCUT2D eigenvalue weighted by Crippen LogP contribution is 2.24. The standard InChI is InChI=1S/C27H29N3O5S/c1-3-21(14-26(31)32)22-7-9-24(10-8-22)35-18-20-6-4-5-19(13-20)16-30-12-11-25-23(17-30)15-28-27(29-25)36(2,33)34/h3-10,13,15,21H,1,11-12,14,16-18H2,2H3,(H,31,32)/t21-/m0/s1. The van der Waals surface area contributed by atoms with Gasteiger partial charge in [-0.1, -0.05) is 42.5 Å². The van der Waals surface area contributed by atoms with Crippen molar-refractivity contribution in [1.29, 1.82) is 0 Å². The molecule has 0 fully saturated rings. The molecular weight excluding hydrogens is 478 g/mol. The molecule has 2 heterocycles. The number of hydrogen-bond acceptors (Lipinski definition) is 7. The smallest absolute Gasteiger partial charge is 0.304 e. The van der Waals surface area contributed by atoms with Crippen molar-refractivity contribution in [1.82, 2.24) is 14.9 Å². The van der Waals surface area contributed by atoms with Crippen LogP contribution in [-0.2, 0) is 40.7 Å². The number of aromatic nitrogens is 2. The molecule has 0 amide bonds. The number of carboxylic acids is 1. The Balaban J connectivity index is 1.34. The van der Waals surface area contributed by atoms with Gasteiger partial charge in [-0.05, 0) is 28.8 Å².